The molecule has 0 saturated heterocycles. The van der Waals surface area contributed by atoms with Gasteiger partial charge in [-0.15, -0.1) is 0 Å². The van der Waals surface area contributed by atoms with Gasteiger partial charge in [0, 0.05) is 26.0 Å². The molecule has 4 aromatic carbocycles. The standard InChI is InChI=1S/C31H23BrClN3O5/c1-39-24-14-12-20(33)16-21(24)31(38)41-23-11-7-6-10-19(23)17-34-36-30(37)29-26(18-8-4-3-5-9-18)27-22(32)13-15-25(40-2)28(27)35-29/h3-17,35H,1-2H3,(H,36,37). The summed E-state index contributed by atoms with van der Waals surface area (Å²) in [4.78, 5) is 29.6. The van der Waals surface area contributed by atoms with E-state index in [-0.39, 0.29) is 11.3 Å². The van der Waals surface area contributed by atoms with E-state index in [2.05, 4.69) is 31.4 Å². The van der Waals surface area contributed by atoms with Gasteiger partial charge in [-0.2, -0.15) is 5.10 Å². The third-order valence-corrected chi connectivity index (χ3v) is 7.14. The molecule has 0 fully saturated rings. The van der Waals surface area contributed by atoms with E-state index >= 15 is 0 Å². The van der Waals surface area contributed by atoms with Gasteiger partial charge in [0.1, 0.15) is 28.5 Å². The maximum absolute atomic E-state index is 13.4. The SMILES string of the molecule is COc1ccc(Cl)cc1C(=O)Oc1ccccc1C=NNC(=O)c1[nH]c2c(OC)ccc(Br)c2c1-c1ccccc1. The number of hydrogen-bond acceptors (Lipinski definition) is 6. The smallest absolute Gasteiger partial charge is 0.347 e. The number of H-pyrrole nitrogens is 1. The molecule has 5 rings (SSSR count). The van der Waals surface area contributed by atoms with Crippen LogP contribution in [-0.2, 0) is 0 Å². The van der Waals surface area contributed by atoms with Crippen molar-refractivity contribution in [2.45, 2.75) is 0 Å². The molecule has 0 spiro atoms. The molecule has 0 aliphatic rings. The highest BCUT2D eigenvalue weighted by molar-refractivity contribution is 9.10. The number of aromatic nitrogens is 1. The number of rotatable bonds is 8. The van der Waals surface area contributed by atoms with E-state index in [0.29, 0.717) is 38.9 Å². The van der Waals surface area contributed by atoms with Crippen LogP contribution >= 0.6 is 27.5 Å². The molecule has 0 bridgehead atoms. The minimum atomic E-state index is -0.653. The van der Waals surface area contributed by atoms with Crippen LogP contribution in [0, 0.1) is 0 Å². The number of fused-ring (bicyclic) bond motifs is 1. The van der Waals surface area contributed by atoms with Crippen LogP contribution in [0.25, 0.3) is 22.0 Å². The molecule has 10 heteroatoms. The monoisotopic (exact) mass is 631 g/mol. The number of methoxy groups -OCH3 is 2. The van der Waals surface area contributed by atoms with Crippen molar-refractivity contribution in [1.82, 2.24) is 10.4 Å². The van der Waals surface area contributed by atoms with Crippen molar-refractivity contribution in [1.29, 1.82) is 0 Å². The number of para-hydroxylation sites is 1. The summed E-state index contributed by atoms with van der Waals surface area (Å²) >= 11 is 9.68. The zero-order valence-electron chi connectivity index (χ0n) is 21.9. The predicted molar refractivity (Wildman–Crippen MR) is 162 cm³/mol. The molecular formula is C31H23BrClN3O5. The highest BCUT2D eigenvalue weighted by Crippen LogP contribution is 2.40. The van der Waals surface area contributed by atoms with Crippen molar-refractivity contribution in [3.05, 3.63) is 111 Å². The summed E-state index contributed by atoms with van der Waals surface area (Å²) in [5.41, 5.74) is 5.74. The van der Waals surface area contributed by atoms with Crippen LogP contribution in [-0.4, -0.2) is 37.3 Å². The lowest BCUT2D eigenvalue weighted by atomic mass is 10.0. The number of benzene rings is 4. The van der Waals surface area contributed by atoms with E-state index in [9.17, 15) is 9.59 Å². The summed E-state index contributed by atoms with van der Waals surface area (Å²) in [7, 11) is 3.02. The second kappa shape index (κ2) is 12.3. The number of hydrazone groups is 1. The molecule has 0 aliphatic heterocycles. The lowest BCUT2D eigenvalue weighted by Crippen LogP contribution is -2.19. The van der Waals surface area contributed by atoms with E-state index in [4.69, 9.17) is 25.8 Å². The molecule has 1 aromatic heterocycles. The van der Waals surface area contributed by atoms with Crippen LogP contribution in [0.4, 0.5) is 0 Å². The Labute approximate surface area is 249 Å². The van der Waals surface area contributed by atoms with E-state index < -0.39 is 11.9 Å². The van der Waals surface area contributed by atoms with E-state index in [1.54, 1.807) is 43.5 Å². The van der Waals surface area contributed by atoms with Crippen LogP contribution < -0.4 is 19.6 Å². The molecule has 1 amide bonds. The molecule has 0 radical (unpaired) electrons. The molecule has 1 heterocycles. The fraction of sp³-hybridized carbons (Fsp3) is 0.0645. The molecule has 206 valence electrons. The average molecular weight is 633 g/mol. The van der Waals surface area contributed by atoms with Crippen molar-refractivity contribution in [3.63, 3.8) is 0 Å². The largest absolute Gasteiger partial charge is 0.496 e. The first-order chi connectivity index (χ1) is 19.9. The van der Waals surface area contributed by atoms with Gasteiger partial charge >= 0.3 is 5.97 Å². The fourth-order valence-electron chi connectivity index (χ4n) is 4.36. The Balaban J connectivity index is 1.43. The summed E-state index contributed by atoms with van der Waals surface area (Å²) in [6.07, 6.45) is 1.40. The lowest BCUT2D eigenvalue weighted by Gasteiger charge is -2.10. The van der Waals surface area contributed by atoms with Gasteiger partial charge in [-0.05, 0) is 48.0 Å². The number of aromatic amines is 1. The Hall–Kier alpha value is -4.60. The summed E-state index contributed by atoms with van der Waals surface area (Å²) in [6.45, 7) is 0. The Morgan fingerprint density at radius 1 is 0.902 bits per heavy atom. The Morgan fingerprint density at radius 3 is 2.37 bits per heavy atom. The minimum Gasteiger partial charge on any atom is -0.496 e. The van der Waals surface area contributed by atoms with Gasteiger partial charge in [0.05, 0.1) is 26.0 Å². The molecule has 2 N–H and O–H groups in total. The number of esters is 1. The molecule has 0 saturated carbocycles. The molecule has 0 aliphatic carbocycles. The number of carbonyl (C=O) groups is 2. The summed E-state index contributed by atoms with van der Waals surface area (Å²) in [5.74, 6) is 0.0353. The van der Waals surface area contributed by atoms with Crippen LogP contribution in [0.3, 0.4) is 0 Å². The fourth-order valence-corrected chi connectivity index (χ4v) is 5.06. The molecule has 41 heavy (non-hydrogen) atoms. The third-order valence-electron chi connectivity index (χ3n) is 6.25. The maximum Gasteiger partial charge on any atom is 0.347 e. The van der Waals surface area contributed by atoms with Gasteiger partial charge in [-0.3, -0.25) is 4.79 Å². The van der Waals surface area contributed by atoms with Crippen molar-refractivity contribution >= 4 is 56.5 Å². The zero-order chi connectivity index (χ0) is 28.9. The lowest BCUT2D eigenvalue weighted by molar-refractivity contribution is 0.0730. The summed E-state index contributed by atoms with van der Waals surface area (Å²) < 4.78 is 17.2. The zero-order valence-corrected chi connectivity index (χ0v) is 24.2. The number of nitrogens with one attached hydrogen (secondary N) is 2. The quantitative estimate of drug-likeness (QED) is 0.0812. The van der Waals surface area contributed by atoms with Gasteiger partial charge in [-0.25, -0.2) is 10.2 Å². The van der Waals surface area contributed by atoms with Crippen LogP contribution in [0.5, 0.6) is 17.2 Å². The second-order valence-electron chi connectivity index (χ2n) is 8.71. The minimum absolute atomic E-state index is 0.175. The topological polar surface area (TPSA) is 102 Å². The normalized spacial score (nSPS) is 11.0. The van der Waals surface area contributed by atoms with Gasteiger partial charge in [0.25, 0.3) is 5.91 Å². The Morgan fingerprint density at radius 2 is 1.61 bits per heavy atom. The van der Waals surface area contributed by atoms with E-state index in [0.717, 1.165) is 15.4 Å². The Kier molecular flexibility index (Phi) is 8.37. The number of halogens is 2. The van der Waals surface area contributed by atoms with Crippen LogP contribution in [0.1, 0.15) is 26.4 Å². The number of ether oxygens (including phenoxy) is 3. The first-order valence-electron chi connectivity index (χ1n) is 12.3. The van der Waals surface area contributed by atoms with Gasteiger partial charge < -0.3 is 19.2 Å². The van der Waals surface area contributed by atoms with Crippen molar-refractivity contribution < 1.29 is 23.8 Å². The molecule has 0 unspecified atom stereocenters. The van der Waals surface area contributed by atoms with Gasteiger partial charge in [0.15, 0.2) is 0 Å². The van der Waals surface area contributed by atoms with Crippen LogP contribution in [0.2, 0.25) is 5.02 Å². The number of hydrogen-bond donors (Lipinski definition) is 2. The second-order valence-corrected chi connectivity index (χ2v) is 10.0. The van der Waals surface area contributed by atoms with E-state index in [1.807, 2.05) is 42.5 Å². The van der Waals surface area contributed by atoms with E-state index in [1.165, 1.54) is 19.4 Å². The summed E-state index contributed by atoms with van der Waals surface area (Å²) in [6, 6.07) is 24.7. The highest BCUT2D eigenvalue weighted by atomic mass is 79.9. The average Bonchev–Trinajstić information content (AvgIpc) is 3.40. The maximum atomic E-state index is 13.4. The Bertz CT molecular complexity index is 1790. The molecule has 0 atom stereocenters. The third kappa shape index (κ3) is 5.82. The number of nitrogens with zero attached hydrogens (tertiary/aromatic N) is 1. The van der Waals surface area contributed by atoms with Crippen LogP contribution in [0.15, 0.2) is 94.5 Å². The first-order valence-corrected chi connectivity index (χ1v) is 13.5. The van der Waals surface area contributed by atoms with Crippen molar-refractivity contribution in [3.8, 4) is 28.4 Å². The number of amides is 1. The van der Waals surface area contributed by atoms with Gasteiger partial charge in [0.2, 0.25) is 0 Å². The summed E-state index contributed by atoms with van der Waals surface area (Å²) in [5, 5.41) is 5.32. The van der Waals surface area contributed by atoms with Crippen molar-refractivity contribution in [2.75, 3.05) is 14.2 Å². The van der Waals surface area contributed by atoms with Crippen molar-refractivity contribution in [2.24, 2.45) is 5.10 Å². The molecular weight excluding hydrogens is 610 g/mol. The highest BCUT2D eigenvalue weighted by Gasteiger charge is 2.23. The molecule has 8 nitrogen and oxygen atoms in total. The molecule has 5 aromatic rings. The predicted octanol–water partition coefficient (Wildman–Crippen LogP) is 7.25. The number of carbonyl (C=O) groups excluding carboxylic acids is 2. The first kappa shape index (κ1) is 27.9. The van der Waals surface area contributed by atoms with Gasteiger partial charge in [-0.1, -0.05) is 70.0 Å².